The number of rotatable bonds is 1. The Hall–Kier alpha value is -1.39. The molecule has 0 radical (unpaired) electrons. The third kappa shape index (κ3) is 1.54. The van der Waals surface area contributed by atoms with Gasteiger partial charge in [-0.1, -0.05) is 0 Å². The number of nitrogens with one attached hydrogen (secondary N) is 2. The molecule has 1 fully saturated rings. The normalized spacial score (nSPS) is 28.0. The molecule has 2 aliphatic heterocycles. The van der Waals surface area contributed by atoms with Gasteiger partial charge in [0, 0.05) is 6.54 Å². The highest BCUT2D eigenvalue weighted by Gasteiger charge is 2.30. The number of hydrogen-bond acceptors (Lipinski definition) is 3. The van der Waals surface area contributed by atoms with Crippen molar-refractivity contribution in [3.05, 3.63) is 0 Å². The predicted molar refractivity (Wildman–Crippen MR) is 46.2 cm³/mol. The number of carbonyl (C=O) groups is 2. The average Bonchev–Trinajstić information content (AvgIpc) is 2.53. The predicted octanol–water partition coefficient (Wildman–Crippen LogP) is -0.959. The second-order valence-corrected chi connectivity index (χ2v) is 3.24. The SMILES string of the molecule is O=C1CN=C(C2CCCNC2=O)N1. The molecule has 0 saturated carbocycles. The summed E-state index contributed by atoms with van der Waals surface area (Å²) in [6.07, 6.45) is 1.73. The van der Waals surface area contributed by atoms with E-state index in [1.165, 1.54) is 0 Å². The Bertz CT molecular complexity index is 285. The summed E-state index contributed by atoms with van der Waals surface area (Å²) in [6, 6.07) is 0. The Morgan fingerprint density at radius 1 is 1.38 bits per heavy atom. The second-order valence-electron chi connectivity index (χ2n) is 3.24. The van der Waals surface area contributed by atoms with Crippen LogP contribution in [0.4, 0.5) is 0 Å². The van der Waals surface area contributed by atoms with Gasteiger partial charge in [-0.05, 0) is 12.8 Å². The zero-order valence-electron chi connectivity index (χ0n) is 7.17. The van der Waals surface area contributed by atoms with Gasteiger partial charge >= 0.3 is 0 Å². The van der Waals surface area contributed by atoms with E-state index in [1.54, 1.807) is 0 Å². The molecule has 70 valence electrons. The van der Waals surface area contributed by atoms with Gasteiger partial charge < -0.3 is 10.6 Å². The van der Waals surface area contributed by atoms with E-state index in [0.29, 0.717) is 5.84 Å². The van der Waals surface area contributed by atoms with Crippen molar-refractivity contribution in [1.29, 1.82) is 0 Å². The quantitative estimate of drug-likeness (QED) is 0.547. The topological polar surface area (TPSA) is 70.6 Å². The molecule has 0 aromatic carbocycles. The van der Waals surface area contributed by atoms with Gasteiger partial charge in [0.15, 0.2) is 0 Å². The Morgan fingerprint density at radius 2 is 2.23 bits per heavy atom. The van der Waals surface area contributed by atoms with E-state index >= 15 is 0 Å². The van der Waals surface area contributed by atoms with Gasteiger partial charge in [-0.25, -0.2) is 0 Å². The minimum absolute atomic E-state index is 0.0211. The molecular formula is C8H11N3O2. The molecule has 2 rings (SSSR count). The highest BCUT2D eigenvalue weighted by molar-refractivity contribution is 6.12. The molecular weight excluding hydrogens is 170 g/mol. The lowest BCUT2D eigenvalue weighted by Crippen LogP contribution is -2.44. The zero-order valence-corrected chi connectivity index (χ0v) is 7.17. The Morgan fingerprint density at radius 3 is 2.85 bits per heavy atom. The van der Waals surface area contributed by atoms with Crippen molar-refractivity contribution < 1.29 is 9.59 Å². The van der Waals surface area contributed by atoms with Gasteiger partial charge in [-0.15, -0.1) is 0 Å². The fraction of sp³-hybridized carbons (Fsp3) is 0.625. The van der Waals surface area contributed by atoms with E-state index in [4.69, 9.17) is 0 Å². The molecule has 0 aromatic rings. The summed E-state index contributed by atoms with van der Waals surface area (Å²) in [5, 5.41) is 5.36. The van der Waals surface area contributed by atoms with Gasteiger partial charge in [0.25, 0.3) is 0 Å². The maximum Gasteiger partial charge on any atom is 0.247 e. The molecule has 0 spiro atoms. The number of piperidine rings is 1. The Labute approximate surface area is 75.6 Å². The molecule has 1 atom stereocenters. The van der Waals surface area contributed by atoms with E-state index in [9.17, 15) is 9.59 Å². The first-order valence-electron chi connectivity index (χ1n) is 4.39. The van der Waals surface area contributed by atoms with Gasteiger partial charge in [-0.2, -0.15) is 0 Å². The molecule has 0 aromatic heterocycles. The molecule has 5 nitrogen and oxygen atoms in total. The zero-order chi connectivity index (χ0) is 9.26. The fourth-order valence-electron chi connectivity index (χ4n) is 1.61. The first-order valence-corrected chi connectivity index (χ1v) is 4.39. The van der Waals surface area contributed by atoms with Crippen molar-refractivity contribution in [3.63, 3.8) is 0 Å². The highest BCUT2D eigenvalue weighted by atomic mass is 16.2. The van der Waals surface area contributed by atoms with Crippen LogP contribution in [0.3, 0.4) is 0 Å². The van der Waals surface area contributed by atoms with Crippen LogP contribution in [0.2, 0.25) is 0 Å². The summed E-state index contributed by atoms with van der Waals surface area (Å²) >= 11 is 0. The Balaban J connectivity index is 2.07. The number of aliphatic imine (C=N–C) groups is 1. The molecule has 5 heteroatoms. The third-order valence-corrected chi connectivity index (χ3v) is 2.28. The van der Waals surface area contributed by atoms with Gasteiger partial charge in [0.2, 0.25) is 11.8 Å². The van der Waals surface area contributed by atoms with Crippen LogP contribution in [-0.2, 0) is 9.59 Å². The molecule has 2 heterocycles. The standard InChI is InChI=1S/C8H11N3O2/c12-6-4-10-7(11-6)5-2-1-3-9-8(5)13/h5H,1-4H2,(H,9,13)(H,10,11,12). The number of nitrogens with zero attached hydrogens (tertiary/aromatic N) is 1. The van der Waals surface area contributed by atoms with Crippen LogP contribution < -0.4 is 10.6 Å². The smallest absolute Gasteiger partial charge is 0.247 e. The van der Waals surface area contributed by atoms with Crippen LogP contribution in [-0.4, -0.2) is 30.7 Å². The van der Waals surface area contributed by atoms with Crippen molar-refractivity contribution in [2.24, 2.45) is 10.9 Å². The third-order valence-electron chi connectivity index (χ3n) is 2.28. The average molecular weight is 181 g/mol. The number of amides is 2. The van der Waals surface area contributed by atoms with Crippen molar-refractivity contribution >= 4 is 17.6 Å². The molecule has 2 amide bonds. The van der Waals surface area contributed by atoms with E-state index in [1.807, 2.05) is 0 Å². The fourth-order valence-corrected chi connectivity index (χ4v) is 1.61. The maximum absolute atomic E-state index is 11.3. The number of amidine groups is 1. The number of carbonyl (C=O) groups excluding carboxylic acids is 2. The van der Waals surface area contributed by atoms with Crippen molar-refractivity contribution in [3.8, 4) is 0 Å². The van der Waals surface area contributed by atoms with E-state index < -0.39 is 0 Å². The van der Waals surface area contributed by atoms with Crippen LogP contribution >= 0.6 is 0 Å². The largest absolute Gasteiger partial charge is 0.355 e. The van der Waals surface area contributed by atoms with Crippen LogP contribution in [0.5, 0.6) is 0 Å². The van der Waals surface area contributed by atoms with Crippen LogP contribution in [0.25, 0.3) is 0 Å². The van der Waals surface area contributed by atoms with Crippen LogP contribution in [0.1, 0.15) is 12.8 Å². The van der Waals surface area contributed by atoms with Gasteiger partial charge in [-0.3, -0.25) is 14.6 Å². The lowest BCUT2D eigenvalue weighted by atomic mass is 9.97. The maximum atomic E-state index is 11.3. The molecule has 2 aliphatic rings. The van der Waals surface area contributed by atoms with Crippen molar-refractivity contribution in [1.82, 2.24) is 10.6 Å². The van der Waals surface area contributed by atoms with Crippen molar-refractivity contribution in [2.45, 2.75) is 12.8 Å². The Kier molecular flexibility index (Phi) is 2.00. The summed E-state index contributed by atoms with van der Waals surface area (Å²) in [7, 11) is 0. The summed E-state index contributed by atoms with van der Waals surface area (Å²) in [4.78, 5) is 26.2. The van der Waals surface area contributed by atoms with Gasteiger partial charge in [0.05, 0.1) is 5.92 Å². The number of hydrogen-bond donors (Lipinski definition) is 2. The minimum atomic E-state index is -0.236. The minimum Gasteiger partial charge on any atom is -0.355 e. The highest BCUT2D eigenvalue weighted by Crippen LogP contribution is 2.13. The van der Waals surface area contributed by atoms with E-state index in [0.717, 1.165) is 19.4 Å². The van der Waals surface area contributed by atoms with Crippen LogP contribution in [0, 0.1) is 5.92 Å². The molecule has 0 bridgehead atoms. The summed E-state index contributed by atoms with van der Waals surface area (Å²) < 4.78 is 0. The van der Waals surface area contributed by atoms with Crippen LogP contribution in [0.15, 0.2) is 4.99 Å². The van der Waals surface area contributed by atoms with Crippen molar-refractivity contribution in [2.75, 3.05) is 13.1 Å². The molecule has 1 unspecified atom stereocenters. The second kappa shape index (κ2) is 3.16. The first-order chi connectivity index (χ1) is 6.27. The van der Waals surface area contributed by atoms with E-state index in [-0.39, 0.29) is 24.3 Å². The van der Waals surface area contributed by atoms with Gasteiger partial charge in [0.1, 0.15) is 12.4 Å². The first kappa shape index (κ1) is 8.22. The van der Waals surface area contributed by atoms with E-state index in [2.05, 4.69) is 15.6 Å². The molecule has 13 heavy (non-hydrogen) atoms. The molecule has 0 aliphatic carbocycles. The lowest BCUT2D eigenvalue weighted by Gasteiger charge is -2.21. The summed E-state index contributed by atoms with van der Waals surface area (Å²) in [6.45, 7) is 0.898. The summed E-state index contributed by atoms with van der Waals surface area (Å²) in [5.74, 6) is 0.169. The molecule has 2 N–H and O–H groups in total. The lowest BCUT2D eigenvalue weighted by molar-refractivity contribution is -0.124. The molecule has 1 saturated heterocycles. The summed E-state index contributed by atoms with van der Waals surface area (Å²) in [5.41, 5.74) is 0. The monoisotopic (exact) mass is 181 g/mol.